The van der Waals surface area contributed by atoms with E-state index < -0.39 is 0 Å². The normalized spacial score (nSPS) is 10.9. The highest BCUT2D eigenvalue weighted by Crippen LogP contribution is 2.22. The molecule has 1 amide bonds. The molecule has 2 rings (SSSR count). The van der Waals surface area contributed by atoms with Gasteiger partial charge in [0, 0.05) is 22.5 Å². The Morgan fingerprint density at radius 3 is 2.60 bits per heavy atom. The Hall–Kier alpha value is -1.10. The van der Waals surface area contributed by atoms with Crippen LogP contribution < -0.4 is 0 Å². The van der Waals surface area contributed by atoms with Gasteiger partial charge in [-0.05, 0) is 35.9 Å². The van der Waals surface area contributed by atoms with Gasteiger partial charge in [-0.3, -0.25) is 4.79 Å². The van der Waals surface area contributed by atoms with Crippen molar-refractivity contribution in [2.24, 2.45) is 0 Å². The molecule has 0 aliphatic heterocycles. The van der Waals surface area contributed by atoms with Gasteiger partial charge in [0.15, 0.2) is 0 Å². The molecule has 2 nitrogen and oxygen atoms in total. The zero-order chi connectivity index (χ0) is 14.5. The molecule has 0 unspecified atom stereocenters. The first-order valence-electron chi connectivity index (χ1n) is 5.97. The molecule has 0 saturated carbocycles. The second kappa shape index (κ2) is 7.07. The lowest BCUT2D eigenvalue weighted by Gasteiger charge is -2.13. The summed E-state index contributed by atoms with van der Waals surface area (Å²) in [5, 5.41) is 0. The van der Waals surface area contributed by atoms with E-state index in [-0.39, 0.29) is 5.91 Å². The van der Waals surface area contributed by atoms with Crippen molar-refractivity contribution in [3.63, 3.8) is 0 Å². The zero-order valence-corrected chi connectivity index (χ0v) is 14.0. The largest absolute Gasteiger partial charge is 0.337 e. The number of nitrogens with zero attached hydrogens (tertiary/aromatic N) is 1. The number of hydrogen-bond donors (Lipinski definition) is 0. The van der Waals surface area contributed by atoms with Gasteiger partial charge in [0.1, 0.15) is 0 Å². The first kappa shape index (κ1) is 15.3. The lowest BCUT2D eigenvalue weighted by Crippen LogP contribution is -2.23. The minimum Gasteiger partial charge on any atom is -0.337 e. The Morgan fingerprint density at radius 2 is 2.00 bits per heavy atom. The first-order valence-corrected chi connectivity index (χ1v) is 7.96. The predicted octanol–water partition coefficient (Wildman–Crippen LogP) is 4.84. The van der Waals surface area contributed by atoms with Crippen LogP contribution in [0.4, 0.5) is 0 Å². The van der Waals surface area contributed by atoms with E-state index in [1.165, 1.54) is 11.3 Å². The average Bonchev–Trinajstić information content (AvgIpc) is 2.83. The summed E-state index contributed by atoms with van der Waals surface area (Å²) in [6.45, 7) is 0.570. The monoisotopic (exact) mass is 369 g/mol. The molecule has 2 aromatic rings. The third kappa shape index (κ3) is 4.47. The Bertz CT molecular complexity index is 621. The van der Waals surface area contributed by atoms with Crippen LogP contribution in [0.2, 0.25) is 4.34 Å². The number of benzene rings is 1. The van der Waals surface area contributed by atoms with Gasteiger partial charge >= 0.3 is 0 Å². The van der Waals surface area contributed by atoms with E-state index in [0.717, 1.165) is 19.2 Å². The van der Waals surface area contributed by atoms with Crippen LogP contribution in [-0.2, 0) is 11.3 Å². The molecule has 0 atom stereocenters. The maximum Gasteiger partial charge on any atom is 0.246 e. The lowest BCUT2D eigenvalue weighted by molar-refractivity contribution is -0.125. The van der Waals surface area contributed by atoms with E-state index in [0.29, 0.717) is 6.54 Å². The first-order chi connectivity index (χ1) is 9.54. The van der Waals surface area contributed by atoms with E-state index in [2.05, 4.69) is 15.9 Å². The summed E-state index contributed by atoms with van der Waals surface area (Å²) in [4.78, 5) is 14.7. The second-order valence-electron chi connectivity index (χ2n) is 4.29. The van der Waals surface area contributed by atoms with Crippen LogP contribution in [0.15, 0.2) is 46.9 Å². The van der Waals surface area contributed by atoms with Crippen molar-refractivity contribution < 1.29 is 4.79 Å². The minimum absolute atomic E-state index is 0.0301. The summed E-state index contributed by atoms with van der Waals surface area (Å²) in [6.07, 6.45) is 3.39. The van der Waals surface area contributed by atoms with Gasteiger partial charge in [0.2, 0.25) is 5.91 Å². The molecule has 0 bridgehead atoms. The number of likely N-dealkylation sites (N-methyl/N-ethyl adjacent to an activating group) is 1. The maximum atomic E-state index is 12.0. The molecule has 0 fully saturated rings. The Morgan fingerprint density at radius 1 is 1.30 bits per heavy atom. The summed E-state index contributed by atoms with van der Waals surface area (Å²) in [6, 6.07) is 11.6. The molecule has 0 saturated heterocycles. The van der Waals surface area contributed by atoms with Crippen molar-refractivity contribution in [2.75, 3.05) is 7.05 Å². The van der Waals surface area contributed by atoms with Crippen molar-refractivity contribution in [3.8, 4) is 0 Å². The molecule has 0 radical (unpaired) electrons. The minimum atomic E-state index is -0.0301. The fourth-order valence-corrected chi connectivity index (χ4v) is 3.02. The van der Waals surface area contributed by atoms with E-state index in [1.54, 1.807) is 18.0 Å². The molecular weight excluding hydrogens is 358 g/mol. The molecule has 0 aliphatic rings. The van der Waals surface area contributed by atoms with Gasteiger partial charge in [-0.25, -0.2) is 0 Å². The van der Waals surface area contributed by atoms with Crippen molar-refractivity contribution in [3.05, 3.63) is 61.7 Å². The maximum absolute atomic E-state index is 12.0. The molecule has 1 aromatic carbocycles. The van der Waals surface area contributed by atoms with Crippen LogP contribution in [0.5, 0.6) is 0 Å². The number of rotatable bonds is 4. The number of carbonyl (C=O) groups excluding carboxylic acids is 1. The highest BCUT2D eigenvalue weighted by Gasteiger charge is 2.07. The third-order valence-corrected chi connectivity index (χ3v) is 4.43. The number of hydrogen-bond acceptors (Lipinski definition) is 2. The summed E-state index contributed by atoms with van der Waals surface area (Å²) in [5.74, 6) is -0.0301. The van der Waals surface area contributed by atoms with Crippen molar-refractivity contribution in [1.29, 1.82) is 0 Å². The lowest BCUT2D eigenvalue weighted by atomic mass is 10.2. The van der Waals surface area contributed by atoms with E-state index >= 15 is 0 Å². The van der Waals surface area contributed by atoms with Crippen molar-refractivity contribution in [1.82, 2.24) is 4.90 Å². The van der Waals surface area contributed by atoms with Crippen LogP contribution >= 0.6 is 38.9 Å². The van der Waals surface area contributed by atoms with Gasteiger partial charge in [0.25, 0.3) is 0 Å². The molecule has 1 heterocycles. The predicted molar refractivity (Wildman–Crippen MR) is 89.0 cm³/mol. The SMILES string of the molecule is CN(Cc1ccc(Cl)s1)C(=O)/C=C/c1ccc(Br)cc1. The number of halogens is 2. The van der Waals surface area contributed by atoms with Gasteiger partial charge < -0.3 is 4.90 Å². The Balaban J connectivity index is 1.95. The van der Waals surface area contributed by atoms with Crippen molar-refractivity contribution >= 4 is 50.9 Å². The quantitative estimate of drug-likeness (QED) is 0.705. The highest BCUT2D eigenvalue weighted by molar-refractivity contribution is 9.10. The highest BCUT2D eigenvalue weighted by atomic mass is 79.9. The fourth-order valence-electron chi connectivity index (χ4n) is 1.62. The van der Waals surface area contributed by atoms with Gasteiger partial charge in [-0.1, -0.05) is 39.7 Å². The zero-order valence-electron chi connectivity index (χ0n) is 10.8. The molecule has 20 heavy (non-hydrogen) atoms. The molecule has 5 heteroatoms. The number of carbonyl (C=O) groups is 1. The van der Waals surface area contributed by atoms with E-state index in [9.17, 15) is 4.79 Å². The Labute approximate surface area is 135 Å². The third-order valence-electron chi connectivity index (χ3n) is 2.69. The van der Waals surface area contributed by atoms with E-state index in [4.69, 9.17) is 11.6 Å². The molecule has 104 valence electrons. The summed E-state index contributed by atoms with van der Waals surface area (Å²) >= 11 is 10.7. The van der Waals surface area contributed by atoms with Crippen LogP contribution in [-0.4, -0.2) is 17.9 Å². The molecular formula is C15H13BrClNOS. The smallest absolute Gasteiger partial charge is 0.246 e. The van der Waals surface area contributed by atoms with Crippen molar-refractivity contribution in [2.45, 2.75) is 6.54 Å². The van der Waals surface area contributed by atoms with E-state index in [1.807, 2.05) is 42.5 Å². The average molecular weight is 371 g/mol. The summed E-state index contributed by atoms with van der Waals surface area (Å²) in [7, 11) is 1.78. The van der Waals surface area contributed by atoms with Crippen LogP contribution in [0.1, 0.15) is 10.4 Å². The molecule has 0 aliphatic carbocycles. The van der Waals surface area contributed by atoms with Gasteiger partial charge in [0.05, 0.1) is 10.9 Å². The number of amides is 1. The standard InChI is InChI=1S/C15H13BrClNOS/c1-18(10-13-7-8-14(17)20-13)15(19)9-4-11-2-5-12(16)6-3-11/h2-9H,10H2,1H3/b9-4+. The molecule has 0 N–H and O–H groups in total. The molecule has 0 spiro atoms. The topological polar surface area (TPSA) is 20.3 Å². The molecule has 1 aromatic heterocycles. The van der Waals surface area contributed by atoms with Crippen LogP contribution in [0.3, 0.4) is 0 Å². The Kier molecular flexibility index (Phi) is 5.40. The fraction of sp³-hybridized carbons (Fsp3) is 0.133. The summed E-state index contributed by atoms with van der Waals surface area (Å²) < 4.78 is 1.76. The van der Waals surface area contributed by atoms with Gasteiger partial charge in [-0.15, -0.1) is 11.3 Å². The van der Waals surface area contributed by atoms with Crippen LogP contribution in [0.25, 0.3) is 6.08 Å². The van der Waals surface area contributed by atoms with Crippen LogP contribution in [0, 0.1) is 0 Å². The van der Waals surface area contributed by atoms with Gasteiger partial charge in [-0.2, -0.15) is 0 Å². The summed E-state index contributed by atoms with van der Waals surface area (Å²) in [5.41, 5.74) is 0.995. The second-order valence-corrected chi connectivity index (χ2v) is 7.00. The number of thiophene rings is 1.